The minimum atomic E-state index is -0.178. The van der Waals surface area contributed by atoms with Crippen LogP contribution >= 0.6 is 0 Å². The Bertz CT molecular complexity index is 676. The Hall–Kier alpha value is -2.60. The second kappa shape index (κ2) is 6.71. The van der Waals surface area contributed by atoms with Gasteiger partial charge in [0.2, 0.25) is 0 Å². The second-order valence-corrected chi connectivity index (χ2v) is 4.81. The van der Waals surface area contributed by atoms with Crippen LogP contribution < -0.4 is 5.32 Å². The van der Waals surface area contributed by atoms with E-state index in [1.807, 2.05) is 18.2 Å². The van der Waals surface area contributed by atoms with Crippen molar-refractivity contribution in [3.05, 3.63) is 64.7 Å². The predicted octanol–water partition coefficient (Wildman–Crippen LogP) is 3.94. The molecule has 0 heterocycles. The summed E-state index contributed by atoms with van der Waals surface area (Å²) < 4.78 is 0. The van der Waals surface area contributed by atoms with Crippen LogP contribution in [-0.2, 0) is 12.8 Å². The topological polar surface area (TPSA) is 52.9 Å². The van der Waals surface area contributed by atoms with Crippen LogP contribution in [0.4, 0.5) is 5.69 Å². The van der Waals surface area contributed by atoms with Crippen molar-refractivity contribution >= 4 is 11.6 Å². The quantitative estimate of drug-likeness (QED) is 0.921. The fourth-order valence-corrected chi connectivity index (χ4v) is 2.32. The number of nitriles is 1. The molecule has 0 saturated heterocycles. The molecule has 0 saturated carbocycles. The van der Waals surface area contributed by atoms with Crippen molar-refractivity contribution in [2.45, 2.75) is 26.7 Å². The van der Waals surface area contributed by atoms with Crippen molar-refractivity contribution in [1.82, 2.24) is 0 Å². The lowest BCUT2D eigenvalue weighted by atomic mass is 10.0. The van der Waals surface area contributed by atoms with Crippen LogP contribution in [0.15, 0.2) is 42.5 Å². The Kier molecular flexibility index (Phi) is 4.73. The van der Waals surface area contributed by atoms with Crippen LogP contribution in [0.2, 0.25) is 0 Å². The van der Waals surface area contributed by atoms with Crippen LogP contribution in [-0.4, -0.2) is 5.91 Å². The summed E-state index contributed by atoms with van der Waals surface area (Å²) in [6.07, 6.45) is 1.73. The van der Waals surface area contributed by atoms with Gasteiger partial charge >= 0.3 is 0 Å². The minimum absolute atomic E-state index is 0.178. The Balaban J connectivity index is 2.33. The van der Waals surface area contributed by atoms with Crippen molar-refractivity contribution < 1.29 is 4.79 Å². The first-order valence-electron chi connectivity index (χ1n) is 7.11. The largest absolute Gasteiger partial charge is 0.321 e. The smallest absolute Gasteiger partial charge is 0.255 e. The number of carbonyl (C=O) groups is 1. The SMILES string of the molecule is CCc1cccc(CC)c1NC(=O)c1cccc(C#N)c1. The molecule has 1 amide bonds. The molecule has 106 valence electrons. The van der Waals surface area contributed by atoms with Gasteiger partial charge in [-0.3, -0.25) is 4.79 Å². The zero-order valence-corrected chi connectivity index (χ0v) is 12.3. The van der Waals surface area contributed by atoms with Crippen LogP contribution in [0.1, 0.15) is 40.9 Å². The highest BCUT2D eigenvalue weighted by Gasteiger charge is 2.12. The summed E-state index contributed by atoms with van der Waals surface area (Å²) in [7, 11) is 0. The number of para-hydroxylation sites is 1. The molecule has 1 N–H and O–H groups in total. The highest BCUT2D eigenvalue weighted by Crippen LogP contribution is 2.23. The number of hydrogen-bond donors (Lipinski definition) is 1. The highest BCUT2D eigenvalue weighted by atomic mass is 16.1. The van der Waals surface area contributed by atoms with E-state index in [9.17, 15) is 4.79 Å². The zero-order chi connectivity index (χ0) is 15.2. The molecule has 2 aromatic carbocycles. The van der Waals surface area contributed by atoms with Crippen molar-refractivity contribution in [3.63, 3.8) is 0 Å². The molecule has 3 heteroatoms. The Labute approximate surface area is 125 Å². The van der Waals surface area contributed by atoms with Crippen LogP contribution in [0.3, 0.4) is 0 Å². The molecule has 0 aliphatic rings. The van der Waals surface area contributed by atoms with E-state index in [4.69, 9.17) is 5.26 Å². The van der Waals surface area contributed by atoms with E-state index in [0.717, 1.165) is 29.7 Å². The molecule has 0 unspecified atom stereocenters. The van der Waals surface area contributed by atoms with Gasteiger partial charge in [-0.25, -0.2) is 0 Å². The first kappa shape index (κ1) is 14.8. The maximum Gasteiger partial charge on any atom is 0.255 e. The minimum Gasteiger partial charge on any atom is -0.321 e. The molecule has 0 aliphatic carbocycles. The number of nitrogens with one attached hydrogen (secondary N) is 1. The van der Waals surface area contributed by atoms with E-state index in [2.05, 4.69) is 25.2 Å². The van der Waals surface area contributed by atoms with Gasteiger partial charge in [-0.1, -0.05) is 38.1 Å². The number of nitrogens with zero attached hydrogens (tertiary/aromatic N) is 1. The van der Waals surface area contributed by atoms with Gasteiger partial charge in [-0.2, -0.15) is 5.26 Å². The van der Waals surface area contributed by atoms with E-state index < -0.39 is 0 Å². The molecular formula is C18H18N2O. The number of aryl methyl sites for hydroxylation is 2. The first-order chi connectivity index (χ1) is 10.2. The Morgan fingerprint density at radius 3 is 2.29 bits per heavy atom. The monoisotopic (exact) mass is 278 g/mol. The standard InChI is InChI=1S/C18H18N2O/c1-3-14-8-6-9-15(4-2)17(14)20-18(21)16-10-5-7-13(11-16)12-19/h5-11H,3-4H2,1-2H3,(H,20,21). The molecular weight excluding hydrogens is 260 g/mol. The summed E-state index contributed by atoms with van der Waals surface area (Å²) in [5, 5.41) is 11.9. The first-order valence-corrected chi connectivity index (χ1v) is 7.11. The lowest BCUT2D eigenvalue weighted by molar-refractivity contribution is 0.102. The number of amides is 1. The van der Waals surface area contributed by atoms with Gasteiger partial charge in [0.25, 0.3) is 5.91 Å². The predicted molar refractivity (Wildman–Crippen MR) is 84.3 cm³/mol. The van der Waals surface area contributed by atoms with Gasteiger partial charge in [0.05, 0.1) is 11.6 Å². The molecule has 0 spiro atoms. The van der Waals surface area contributed by atoms with Crippen molar-refractivity contribution in [1.29, 1.82) is 5.26 Å². The third-order valence-corrected chi connectivity index (χ3v) is 3.49. The zero-order valence-electron chi connectivity index (χ0n) is 12.3. The van der Waals surface area contributed by atoms with Gasteiger partial charge in [-0.15, -0.1) is 0 Å². The molecule has 0 radical (unpaired) electrons. The van der Waals surface area contributed by atoms with E-state index in [1.165, 1.54) is 0 Å². The van der Waals surface area contributed by atoms with Crippen molar-refractivity contribution in [2.24, 2.45) is 0 Å². The van der Waals surface area contributed by atoms with E-state index in [-0.39, 0.29) is 5.91 Å². The molecule has 2 rings (SSSR count). The highest BCUT2D eigenvalue weighted by molar-refractivity contribution is 6.05. The number of carbonyl (C=O) groups excluding carboxylic acids is 1. The summed E-state index contributed by atoms with van der Waals surface area (Å²) in [5.41, 5.74) is 4.14. The average molecular weight is 278 g/mol. The number of anilines is 1. The Morgan fingerprint density at radius 2 is 1.71 bits per heavy atom. The molecule has 21 heavy (non-hydrogen) atoms. The van der Waals surface area contributed by atoms with Gasteiger partial charge in [-0.05, 0) is 42.2 Å². The fourth-order valence-electron chi connectivity index (χ4n) is 2.32. The molecule has 0 fully saturated rings. The van der Waals surface area contributed by atoms with Gasteiger partial charge in [0.1, 0.15) is 0 Å². The van der Waals surface area contributed by atoms with E-state index >= 15 is 0 Å². The lowest BCUT2D eigenvalue weighted by Crippen LogP contribution is -2.15. The third kappa shape index (κ3) is 3.29. The van der Waals surface area contributed by atoms with Crippen LogP contribution in [0, 0.1) is 11.3 Å². The van der Waals surface area contributed by atoms with E-state index in [0.29, 0.717) is 11.1 Å². The fraction of sp³-hybridized carbons (Fsp3) is 0.222. The molecule has 3 nitrogen and oxygen atoms in total. The Morgan fingerprint density at radius 1 is 1.10 bits per heavy atom. The van der Waals surface area contributed by atoms with Crippen molar-refractivity contribution in [2.75, 3.05) is 5.32 Å². The second-order valence-electron chi connectivity index (χ2n) is 4.81. The maximum absolute atomic E-state index is 12.4. The summed E-state index contributed by atoms with van der Waals surface area (Å²) in [4.78, 5) is 12.4. The van der Waals surface area contributed by atoms with Gasteiger partial charge in [0.15, 0.2) is 0 Å². The molecule has 0 atom stereocenters. The van der Waals surface area contributed by atoms with Crippen molar-refractivity contribution in [3.8, 4) is 6.07 Å². The third-order valence-electron chi connectivity index (χ3n) is 3.49. The molecule has 0 bridgehead atoms. The molecule has 0 aromatic heterocycles. The number of rotatable bonds is 4. The number of hydrogen-bond acceptors (Lipinski definition) is 2. The van der Waals surface area contributed by atoms with Gasteiger partial charge < -0.3 is 5.32 Å². The average Bonchev–Trinajstić information content (AvgIpc) is 2.54. The van der Waals surface area contributed by atoms with Crippen LogP contribution in [0.25, 0.3) is 0 Å². The maximum atomic E-state index is 12.4. The molecule has 2 aromatic rings. The number of benzene rings is 2. The van der Waals surface area contributed by atoms with Crippen LogP contribution in [0.5, 0.6) is 0 Å². The summed E-state index contributed by atoms with van der Waals surface area (Å²) in [6.45, 7) is 4.14. The molecule has 0 aliphatic heterocycles. The summed E-state index contributed by atoms with van der Waals surface area (Å²) >= 11 is 0. The summed E-state index contributed by atoms with van der Waals surface area (Å²) in [6, 6.07) is 14.9. The lowest BCUT2D eigenvalue weighted by Gasteiger charge is -2.14. The van der Waals surface area contributed by atoms with E-state index in [1.54, 1.807) is 24.3 Å². The normalized spacial score (nSPS) is 9.95. The van der Waals surface area contributed by atoms with Gasteiger partial charge in [0, 0.05) is 11.3 Å². The summed E-state index contributed by atoms with van der Waals surface area (Å²) in [5.74, 6) is -0.178.